The van der Waals surface area contributed by atoms with Gasteiger partial charge in [0.1, 0.15) is 4.90 Å². The van der Waals surface area contributed by atoms with Crippen molar-refractivity contribution >= 4 is 19.7 Å². The average Bonchev–Trinajstić information content (AvgIpc) is 2.67. The van der Waals surface area contributed by atoms with E-state index < -0.39 is 9.05 Å². The molecule has 6 heteroatoms. The van der Waals surface area contributed by atoms with E-state index in [9.17, 15) is 8.42 Å². The Morgan fingerprint density at radius 3 is 2.44 bits per heavy atom. The Labute approximate surface area is 113 Å². The van der Waals surface area contributed by atoms with Crippen molar-refractivity contribution in [2.75, 3.05) is 0 Å². The van der Waals surface area contributed by atoms with Gasteiger partial charge in [-0.3, -0.25) is 4.68 Å². The van der Waals surface area contributed by atoms with E-state index in [0.29, 0.717) is 37.2 Å². The molecule has 0 aliphatic heterocycles. The summed E-state index contributed by atoms with van der Waals surface area (Å²) in [4.78, 5) is 0.179. The third-order valence-corrected chi connectivity index (χ3v) is 4.04. The molecule has 1 heterocycles. The van der Waals surface area contributed by atoms with Crippen LogP contribution in [0.4, 0.5) is 0 Å². The third kappa shape index (κ3) is 3.27. The van der Waals surface area contributed by atoms with Crippen molar-refractivity contribution in [3.8, 4) is 11.8 Å². The number of hydrogen-bond acceptors (Lipinski definition) is 3. The van der Waals surface area contributed by atoms with E-state index in [0.717, 1.165) is 0 Å². The molecule has 0 aliphatic carbocycles. The molecule has 0 unspecified atom stereocenters. The predicted molar refractivity (Wildman–Crippen MR) is 72.1 cm³/mol. The largest absolute Gasteiger partial charge is 0.267 e. The lowest BCUT2D eigenvalue weighted by Crippen LogP contribution is -2.06. The summed E-state index contributed by atoms with van der Waals surface area (Å²) in [7, 11) is 1.75. The number of aromatic nitrogens is 2. The van der Waals surface area contributed by atoms with Gasteiger partial charge in [0, 0.05) is 17.1 Å². The smallest absolute Gasteiger partial charge is 0.264 e. The first-order valence-electron chi connectivity index (χ1n) is 5.88. The van der Waals surface area contributed by atoms with Crippen molar-refractivity contribution < 1.29 is 8.42 Å². The van der Waals surface area contributed by atoms with Gasteiger partial charge in [-0.15, -0.1) is 11.8 Å². The van der Waals surface area contributed by atoms with Crippen molar-refractivity contribution in [2.45, 2.75) is 51.5 Å². The van der Waals surface area contributed by atoms with Crippen LogP contribution in [0.2, 0.25) is 0 Å². The van der Waals surface area contributed by atoms with Crippen LogP contribution >= 0.6 is 10.7 Å². The summed E-state index contributed by atoms with van der Waals surface area (Å²) in [6, 6.07) is 0. The van der Waals surface area contributed by atoms with E-state index in [2.05, 4.69) is 16.9 Å². The standard InChI is InChI=1S/C12H17ClN2O2S/c1-4-7-8-9-15-11(6-3)12(18(13,16)17)10(5-2)14-15/h5-6,8-9H2,1-3H3. The van der Waals surface area contributed by atoms with Crippen molar-refractivity contribution in [3.63, 3.8) is 0 Å². The van der Waals surface area contributed by atoms with Crippen LogP contribution in [-0.2, 0) is 28.4 Å². The van der Waals surface area contributed by atoms with E-state index >= 15 is 0 Å². The Morgan fingerprint density at radius 1 is 1.33 bits per heavy atom. The van der Waals surface area contributed by atoms with E-state index in [1.807, 2.05) is 13.8 Å². The number of halogens is 1. The maximum atomic E-state index is 11.6. The lowest BCUT2D eigenvalue weighted by Gasteiger charge is -2.04. The first-order chi connectivity index (χ1) is 8.45. The second-order valence-corrected chi connectivity index (χ2v) is 6.27. The van der Waals surface area contributed by atoms with Crippen LogP contribution in [0.3, 0.4) is 0 Å². The summed E-state index contributed by atoms with van der Waals surface area (Å²) in [5.74, 6) is 5.75. The minimum atomic E-state index is -3.75. The lowest BCUT2D eigenvalue weighted by atomic mass is 10.2. The molecule has 0 fully saturated rings. The maximum absolute atomic E-state index is 11.6. The fourth-order valence-corrected chi connectivity index (χ4v) is 3.39. The second kappa shape index (κ2) is 6.26. The molecular formula is C12H17ClN2O2S. The molecule has 4 nitrogen and oxygen atoms in total. The van der Waals surface area contributed by atoms with E-state index in [4.69, 9.17) is 10.7 Å². The van der Waals surface area contributed by atoms with Crippen LogP contribution < -0.4 is 0 Å². The first-order valence-corrected chi connectivity index (χ1v) is 8.19. The highest BCUT2D eigenvalue weighted by molar-refractivity contribution is 8.13. The molecular weight excluding hydrogens is 272 g/mol. The zero-order chi connectivity index (χ0) is 13.8. The van der Waals surface area contributed by atoms with Crippen LogP contribution in [-0.4, -0.2) is 18.2 Å². The van der Waals surface area contributed by atoms with E-state index in [1.165, 1.54) is 0 Å². The van der Waals surface area contributed by atoms with Gasteiger partial charge in [-0.1, -0.05) is 13.8 Å². The van der Waals surface area contributed by atoms with Crippen LogP contribution in [0.1, 0.15) is 38.6 Å². The molecule has 0 saturated carbocycles. The van der Waals surface area contributed by atoms with Gasteiger partial charge in [-0.25, -0.2) is 8.42 Å². The van der Waals surface area contributed by atoms with Gasteiger partial charge >= 0.3 is 0 Å². The number of nitrogens with zero attached hydrogens (tertiary/aromatic N) is 2. The van der Waals surface area contributed by atoms with Crippen molar-refractivity contribution in [3.05, 3.63) is 11.4 Å². The summed E-state index contributed by atoms with van der Waals surface area (Å²) >= 11 is 0. The average molecular weight is 289 g/mol. The Balaban J connectivity index is 3.28. The normalized spacial score (nSPS) is 11.1. The van der Waals surface area contributed by atoms with Gasteiger partial charge in [0.2, 0.25) is 0 Å². The number of rotatable bonds is 5. The number of hydrogen-bond donors (Lipinski definition) is 0. The molecule has 0 bridgehead atoms. The topological polar surface area (TPSA) is 52.0 Å². The lowest BCUT2D eigenvalue weighted by molar-refractivity contribution is 0.588. The van der Waals surface area contributed by atoms with E-state index in [-0.39, 0.29) is 4.90 Å². The summed E-state index contributed by atoms with van der Waals surface area (Å²) in [6.45, 7) is 6.12. The summed E-state index contributed by atoms with van der Waals surface area (Å²) in [6.07, 6.45) is 1.77. The molecule has 18 heavy (non-hydrogen) atoms. The molecule has 100 valence electrons. The van der Waals surface area contributed by atoms with Crippen molar-refractivity contribution in [1.29, 1.82) is 0 Å². The molecule has 1 aromatic heterocycles. The molecule has 0 radical (unpaired) electrons. The van der Waals surface area contributed by atoms with Gasteiger partial charge in [-0.05, 0) is 19.8 Å². The SMILES string of the molecule is CC#CCCn1nc(CC)c(S(=O)(=O)Cl)c1CC. The quantitative estimate of drug-likeness (QED) is 0.617. The van der Waals surface area contributed by atoms with Crippen LogP contribution in [0, 0.1) is 11.8 Å². The van der Waals surface area contributed by atoms with E-state index in [1.54, 1.807) is 11.6 Å². The summed E-state index contributed by atoms with van der Waals surface area (Å²) < 4.78 is 24.9. The summed E-state index contributed by atoms with van der Waals surface area (Å²) in [5.41, 5.74) is 1.20. The molecule has 0 saturated heterocycles. The summed E-state index contributed by atoms with van der Waals surface area (Å²) in [5, 5.41) is 4.32. The first kappa shape index (κ1) is 15.1. The van der Waals surface area contributed by atoms with Gasteiger partial charge in [-0.2, -0.15) is 5.10 Å². The Bertz CT molecular complexity index is 579. The van der Waals surface area contributed by atoms with Crippen molar-refractivity contribution in [1.82, 2.24) is 9.78 Å². The van der Waals surface area contributed by atoms with Crippen LogP contribution in [0.15, 0.2) is 4.90 Å². The van der Waals surface area contributed by atoms with Crippen LogP contribution in [0.5, 0.6) is 0 Å². The predicted octanol–water partition coefficient (Wildman–Crippen LogP) is 2.35. The maximum Gasteiger partial charge on any atom is 0.264 e. The minimum absolute atomic E-state index is 0.179. The molecule has 0 aromatic carbocycles. The second-order valence-electron chi connectivity index (χ2n) is 3.77. The highest BCUT2D eigenvalue weighted by Crippen LogP contribution is 2.25. The van der Waals surface area contributed by atoms with Gasteiger partial charge < -0.3 is 0 Å². The highest BCUT2D eigenvalue weighted by atomic mass is 35.7. The number of aryl methyl sites for hydroxylation is 2. The third-order valence-electron chi connectivity index (χ3n) is 2.62. The Kier molecular flexibility index (Phi) is 5.24. The van der Waals surface area contributed by atoms with Gasteiger partial charge in [0.15, 0.2) is 0 Å². The molecule has 1 rings (SSSR count). The molecule has 0 amide bonds. The van der Waals surface area contributed by atoms with Gasteiger partial charge in [0.25, 0.3) is 9.05 Å². The fourth-order valence-electron chi connectivity index (χ4n) is 1.86. The Morgan fingerprint density at radius 2 is 2.00 bits per heavy atom. The minimum Gasteiger partial charge on any atom is -0.267 e. The van der Waals surface area contributed by atoms with Crippen LogP contribution in [0.25, 0.3) is 0 Å². The molecule has 0 atom stereocenters. The molecule has 0 N–H and O–H groups in total. The zero-order valence-electron chi connectivity index (χ0n) is 10.8. The van der Waals surface area contributed by atoms with Gasteiger partial charge in [0.05, 0.1) is 17.9 Å². The van der Waals surface area contributed by atoms with Crippen molar-refractivity contribution in [2.24, 2.45) is 0 Å². The molecule has 0 aliphatic rings. The zero-order valence-corrected chi connectivity index (χ0v) is 12.4. The monoisotopic (exact) mass is 288 g/mol. The fraction of sp³-hybridized carbons (Fsp3) is 0.583. The highest BCUT2D eigenvalue weighted by Gasteiger charge is 2.24. The molecule has 1 aromatic rings. The molecule has 0 spiro atoms. The Hall–Kier alpha value is -0.990.